The molecule has 18 heavy (non-hydrogen) atoms. The molecule has 0 saturated heterocycles. The van der Waals surface area contributed by atoms with Gasteiger partial charge in [0.25, 0.3) is 0 Å². The minimum Gasteiger partial charge on any atom is -0.456 e. The SMILES string of the molecule is CC(C)(C)OC(=O)C(C#N)=Cc1ccc(Br)cc1. The zero-order chi connectivity index (χ0) is 13.8. The van der Waals surface area contributed by atoms with Gasteiger partial charge in [0, 0.05) is 4.47 Å². The molecule has 0 aliphatic carbocycles. The van der Waals surface area contributed by atoms with Crippen LogP contribution < -0.4 is 0 Å². The van der Waals surface area contributed by atoms with Crippen molar-refractivity contribution >= 4 is 28.0 Å². The van der Waals surface area contributed by atoms with Crippen LogP contribution in [-0.2, 0) is 9.53 Å². The number of halogens is 1. The molecule has 0 N–H and O–H groups in total. The summed E-state index contributed by atoms with van der Waals surface area (Å²) in [6.07, 6.45) is 1.51. The molecule has 0 spiro atoms. The number of hydrogen-bond donors (Lipinski definition) is 0. The van der Waals surface area contributed by atoms with Crippen LogP contribution >= 0.6 is 15.9 Å². The van der Waals surface area contributed by atoms with E-state index in [1.807, 2.05) is 30.3 Å². The number of carbonyl (C=O) groups is 1. The van der Waals surface area contributed by atoms with Crippen molar-refractivity contribution in [3.8, 4) is 6.07 Å². The highest BCUT2D eigenvalue weighted by Crippen LogP contribution is 2.15. The van der Waals surface area contributed by atoms with E-state index in [1.165, 1.54) is 6.08 Å². The zero-order valence-corrected chi connectivity index (χ0v) is 12.1. The number of benzene rings is 1. The molecule has 0 radical (unpaired) electrons. The van der Waals surface area contributed by atoms with Gasteiger partial charge in [-0.05, 0) is 44.5 Å². The summed E-state index contributed by atoms with van der Waals surface area (Å²) in [6, 6.07) is 9.17. The number of carbonyl (C=O) groups excluding carboxylic acids is 1. The summed E-state index contributed by atoms with van der Waals surface area (Å²) in [5.74, 6) is -0.604. The molecule has 1 aromatic rings. The van der Waals surface area contributed by atoms with Gasteiger partial charge in [-0.3, -0.25) is 0 Å². The Labute approximate surface area is 115 Å². The Morgan fingerprint density at radius 1 is 1.33 bits per heavy atom. The largest absolute Gasteiger partial charge is 0.456 e. The summed E-state index contributed by atoms with van der Waals surface area (Å²) in [7, 11) is 0. The van der Waals surface area contributed by atoms with Crippen LogP contribution in [0.2, 0.25) is 0 Å². The Morgan fingerprint density at radius 2 is 1.89 bits per heavy atom. The van der Waals surface area contributed by atoms with Crippen LogP contribution in [0.25, 0.3) is 6.08 Å². The van der Waals surface area contributed by atoms with Gasteiger partial charge in [-0.25, -0.2) is 4.79 Å². The highest BCUT2D eigenvalue weighted by Gasteiger charge is 2.19. The Bertz CT molecular complexity index is 504. The van der Waals surface area contributed by atoms with E-state index in [0.29, 0.717) is 0 Å². The Balaban J connectivity index is 2.94. The van der Waals surface area contributed by atoms with Gasteiger partial charge in [-0.2, -0.15) is 5.26 Å². The number of rotatable bonds is 2. The van der Waals surface area contributed by atoms with Gasteiger partial charge in [-0.15, -0.1) is 0 Å². The minimum absolute atomic E-state index is 0.00718. The van der Waals surface area contributed by atoms with Gasteiger partial charge in [0.05, 0.1) is 0 Å². The van der Waals surface area contributed by atoms with Gasteiger partial charge in [0.1, 0.15) is 17.2 Å². The zero-order valence-electron chi connectivity index (χ0n) is 10.5. The van der Waals surface area contributed by atoms with Gasteiger partial charge in [0.15, 0.2) is 0 Å². The molecule has 0 aromatic heterocycles. The van der Waals surface area contributed by atoms with Crippen molar-refractivity contribution < 1.29 is 9.53 Å². The van der Waals surface area contributed by atoms with Gasteiger partial charge in [-0.1, -0.05) is 28.1 Å². The molecule has 4 heteroatoms. The average Bonchev–Trinajstić information content (AvgIpc) is 2.25. The number of nitrogens with zero attached hydrogens (tertiary/aromatic N) is 1. The average molecular weight is 308 g/mol. The smallest absolute Gasteiger partial charge is 0.349 e. The van der Waals surface area contributed by atoms with Crippen molar-refractivity contribution in [3.05, 3.63) is 39.9 Å². The summed E-state index contributed by atoms with van der Waals surface area (Å²) >= 11 is 3.32. The second kappa shape index (κ2) is 5.83. The van der Waals surface area contributed by atoms with Crippen LogP contribution in [0.3, 0.4) is 0 Å². The van der Waals surface area contributed by atoms with E-state index in [-0.39, 0.29) is 5.57 Å². The molecule has 0 bridgehead atoms. The third-order valence-corrected chi connectivity index (χ3v) is 2.45. The van der Waals surface area contributed by atoms with Crippen molar-refractivity contribution in [3.63, 3.8) is 0 Å². The predicted octanol–water partition coefficient (Wildman–Crippen LogP) is 3.70. The molecule has 1 rings (SSSR count). The first-order valence-electron chi connectivity index (χ1n) is 5.42. The monoisotopic (exact) mass is 307 g/mol. The molecular weight excluding hydrogens is 294 g/mol. The van der Waals surface area contributed by atoms with E-state index in [4.69, 9.17) is 10.00 Å². The summed E-state index contributed by atoms with van der Waals surface area (Å²) in [6.45, 7) is 5.29. The van der Waals surface area contributed by atoms with Crippen molar-refractivity contribution in [2.45, 2.75) is 26.4 Å². The molecule has 0 heterocycles. The molecule has 0 saturated carbocycles. The number of nitriles is 1. The Morgan fingerprint density at radius 3 is 2.33 bits per heavy atom. The van der Waals surface area contributed by atoms with Crippen LogP contribution in [0.1, 0.15) is 26.3 Å². The Hall–Kier alpha value is -1.60. The summed E-state index contributed by atoms with van der Waals surface area (Å²) in [5.41, 5.74) is 0.167. The number of esters is 1. The fourth-order valence-corrected chi connectivity index (χ4v) is 1.46. The van der Waals surface area contributed by atoms with Crippen LogP contribution in [0.5, 0.6) is 0 Å². The molecule has 0 atom stereocenters. The second-order valence-electron chi connectivity index (χ2n) is 4.72. The van der Waals surface area contributed by atoms with Crippen molar-refractivity contribution in [2.24, 2.45) is 0 Å². The number of hydrogen-bond acceptors (Lipinski definition) is 3. The lowest BCUT2D eigenvalue weighted by atomic mass is 10.1. The lowest BCUT2D eigenvalue weighted by molar-refractivity contribution is -0.149. The van der Waals surface area contributed by atoms with E-state index in [2.05, 4.69) is 15.9 Å². The third kappa shape index (κ3) is 4.72. The van der Waals surface area contributed by atoms with Crippen LogP contribution in [0, 0.1) is 11.3 Å². The maximum atomic E-state index is 11.7. The summed E-state index contributed by atoms with van der Waals surface area (Å²) in [4.78, 5) is 11.7. The lowest BCUT2D eigenvalue weighted by Gasteiger charge is -2.18. The summed E-state index contributed by atoms with van der Waals surface area (Å²) in [5, 5.41) is 8.98. The molecular formula is C14H14BrNO2. The topological polar surface area (TPSA) is 50.1 Å². The first-order valence-corrected chi connectivity index (χ1v) is 6.22. The van der Waals surface area contributed by atoms with Crippen LogP contribution in [0.15, 0.2) is 34.3 Å². The van der Waals surface area contributed by atoms with Crippen molar-refractivity contribution in [2.75, 3.05) is 0 Å². The third-order valence-electron chi connectivity index (χ3n) is 1.92. The van der Waals surface area contributed by atoms with Crippen molar-refractivity contribution in [1.82, 2.24) is 0 Å². The minimum atomic E-state index is -0.604. The van der Waals surface area contributed by atoms with E-state index in [0.717, 1.165) is 10.0 Å². The van der Waals surface area contributed by atoms with Gasteiger partial charge < -0.3 is 4.74 Å². The molecule has 0 amide bonds. The van der Waals surface area contributed by atoms with Crippen LogP contribution in [-0.4, -0.2) is 11.6 Å². The summed E-state index contributed by atoms with van der Waals surface area (Å²) < 4.78 is 6.09. The van der Waals surface area contributed by atoms with E-state index in [9.17, 15) is 4.79 Å². The van der Waals surface area contributed by atoms with E-state index in [1.54, 1.807) is 20.8 Å². The van der Waals surface area contributed by atoms with E-state index >= 15 is 0 Å². The molecule has 3 nitrogen and oxygen atoms in total. The predicted molar refractivity (Wildman–Crippen MR) is 73.6 cm³/mol. The lowest BCUT2D eigenvalue weighted by Crippen LogP contribution is -2.24. The molecule has 1 aromatic carbocycles. The maximum Gasteiger partial charge on any atom is 0.349 e. The van der Waals surface area contributed by atoms with E-state index < -0.39 is 11.6 Å². The van der Waals surface area contributed by atoms with Gasteiger partial charge in [0.2, 0.25) is 0 Å². The standard InChI is InChI=1S/C14H14BrNO2/c1-14(2,3)18-13(17)11(9-16)8-10-4-6-12(15)7-5-10/h4-8H,1-3H3. The first-order chi connectivity index (χ1) is 8.31. The van der Waals surface area contributed by atoms with Crippen LogP contribution in [0.4, 0.5) is 0 Å². The second-order valence-corrected chi connectivity index (χ2v) is 5.64. The molecule has 0 aliphatic rings. The molecule has 0 unspecified atom stereocenters. The van der Waals surface area contributed by atoms with Gasteiger partial charge >= 0.3 is 5.97 Å². The van der Waals surface area contributed by atoms with Crippen molar-refractivity contribution in [1.29, 1.82) is 5.26 Å². The first kappa shape index (κ1) is 14.5. The normalized spacial score (nSPS) is 11.8. The molecule has 94 valence electrons. The Kier molecular flexibility index (Phi) is 4.69. The molecule has 0 fully saturated rings. The number of ether oxygens (including phenoxy) is 1. The fraction of sp³-hybridized carbons (Fsp3) is 0.286. The highest BCUT2D eigenvalue weighted by molar-refractivity contribution is 9.10. The highest BCUT2D eigenvalue weighted by atomic mass is 79.9. The molecule has 0 aliphatic heterocycles. The maximum absolute atomic E-state index is 11.7. The quantitative estimate of drug-likeness (QED) is 0.475. The fourth-order valence-electron chi connectivity index (χ4n) is 1.20.